The van der Waals surface area contributed by atoms with Crippen molar-refractivity contribution in [2.75, 3.05) is 18.4 Å². The van der Waals surface area contributed by atoms with Gasteiger partial charge in [0.05, 0.1) is 6.10 Å². The second-order valence-electron chi connectivity index (χ2n) is 8.59. The Morgan fingerprint density at radius 1 is 1.16 bits per heavy atom. The van der Waals surface area contributed by atoms with Crippen LogP contribution in [0.3, 0.4) is 0 Å². The van der Waals surface area contributed by atoms with Crippen LogP contribution in [0.1, 0.15) is 57.9 Å². The number of aliphatic hydroxyl groups excluding tert-OH is 1. The van der Waals surface area contributed by atoms with Crippen LogP contribution in [0.2, 0.25) is 0 Å². The van der Waals surface area contributed by atoms with Crippen molar-refractivity contribution in [3.8, 4) is 0 Å². The molecule has 3 rings (SSSR count). The number of carbonyl (C=O) groups excluding carboxylic acids is 1. The molecule has 0 radical (unpaired) electrons. The van der Waals surface area contributed by atoms with Gasteiger partial charge in [0.15, 0.2) is 0 Å². The third kappa shape index (κ3) is 5.05. The van der Waals surface area contributed by atoms with Crippen LogP contribution < -0.4 is 5.32 Å². The third-order valence-electron chi connectivity index (χ3n) is 5.94. The van der Waals surface area contributed by atoms with Crippen LogP contribution in [0.15, 0.2) is 24.3 Å². The molecule has 1 saturated heterocycles. The zero-order chi connectivity index (χ0) is 17.9. The highest BCUT2D eigenvalue weighted by atomic mass is 16.3. The fourth-order valence-corrected chi connectivity index (χ4v) is 3.99. The van der Waals surface area contributed by atoms with E-state index < -0.39 is 0 Å². The van der Waals surface area contributed by atoms with E-state index in [0.717, 1.165) is 63.8 Å². The molecule has 1 aliphatic carbocycles. The molecule has 1 aromatic carbocycles. The van der Waals surface area contributed by atoms with Gasteiger partial charge in [-0.3, -0.25) is 9.69 Å². The molecule has 25 heavy (non-hydrogen) atoms. The first-order chi connectivity index (χ1) is 11.9. The fraction of sp³-hybridized carbons (Fsp3) is 0.667. The van der Waals surface area contributed by atoms with E-state index in [-0.39, 0.29) is 17.9 Å². The number of likely N-dealkylation sites (tertiary alicyclic amines) is 1. The summed E-state index contributed by atoms with van der Waals surface area (Å²) in [4.78, 5) is 15.1. The number of benzene rings is 1. The average molecular weight is 344 g/mol. The molecule has 138 valence electrons. The molecule has 2 aliphatic rings. The minimum Gasteiger partial charge on any atom is -0.393 e. The first-order valence-corrected chi connectivity index (χ1v) is 9.72. The molecule has 2 N–H and O–H groups in total. The van der Waals surface area contributed by atoms with Crippen molar-refractivity contribution in [3.63, 3.8) is 0 Å². The predicted molar refractivity (Wildman–Crippen MR) is 101 cm³/mol. The lowest BCUT2D eigenvalue weighted by molar-refractivity contribution is -0.121. The molecule has 4 heteroatoms. The predicted octanol–water partition coefficient (Wildman–Crippen LogP) is 3.80. The number of rotatable bonds is 4. The maximum Gasteiger partial charge on any atom is 0.227 e. The lowest BCUT2D eigenvalue weighted by Gasteiger charge is -2.33. The second-order valence-corrected chi connectivity index (χ2v) is 8.59. The van der Waals surface area contributed by atoms with Crippen molar-refractivity contribution in [2.24, 2.45) is 11.3 Å². The number of anilines is 1. The van der Waals surface area contributed by atoms with E-state index in [9.17, 15) is 9.90 Å². The van der Waals surface area contributed by atoms with Gasteiger partial charge < -0.3 is 10.4 Å². The molecule has 1 aromatic rings. The number of hydrogen-bond donors (Lipinski definition) is 2. The van der Waals surface area contributed by atoms with Crippen molar-refractivity contribution in [2.45, 2.75) is 65.0 Å². The van der Waals surface area contributed by atoms with Gasteiger partial charge in [-0.05, 0) is 55.6 Å². The Bertz CT molecular complexity index is 581. The maximum atomic E-state index is 12.7. The van der Waals surface area contributed by atoms with Crippen molar-refractivity contribution in [1.29, 1.82) is 0 Å². The van der Waals surface area contributed by atoms with Crippen LogP contribution >= 0.6 is 0 Å². The van der Waals surface area contributed by atoms with E-state index in [1.54, 1.807) is 0 Å². The number of amides is 1. The summed E-state index contributed by atoms with van der Waals surface area (Å²) in [7, 11) is 0. The van der Waals surface area contributed by atoms with Crippen molar-refractivity contribution in [3.05, 3.63) is 29.8 Å². The van der Waals surface area contributed by atoms with Gasteiger partial charge in [0.2, 0.25) is 5.91 Å². The third-order valence-corrected chi connectivity index (χ3v) is 5.94. The topological polar surface area (TPSA) is 52.6 Å². The zero-order valence-electron chi connectivity index (χ0n) is 15.6. The monoisotopic (exact) mass is 344 g/mol. The van der Waals surface area contributed by atoms with Crippen molar-refractivity contribution in [1.82, 2.24) is 4.90 Å². The van der Waals surface area contributed by atoms with Gasteiger partial charge in [-0.1, -0.05) is 32.0 Å². The van der Waals surface area contributed by atoms with Crippen molar-refractivity contribution >= 4 is 11.6 Å². The minimum atomic E-state index is -0.151. The molecule has 0 spiro atoms. The molecule has 0 aromatic heterocycles. The summed E-state index contributed by atoms with van der Waals surface area (Å²) in [5.74, 6) is 0.322. The van der Waals surface area contributed by atoms with Crippen LogP contribution in [-0.2, 0) is 11.3 Å². The molecule has 1 aliphatic heterocycles. The van der Waals surface area contributed by atoms with E-state index in [2.05, 4.69) is 30.1 Å². The molecule has 0 unspecified atom stereocenters. The molecule has 4 nitrogen and oxygen atoms in total. The van der Waals surface area contributed by atoms with E-state index >= 15 is 0 Å². The lowest BCUT2D eigenvalue weighted by atomic mass is 9.73. The molecular formula is C21H32N2O2. The molecular weight excluding hydrogens is 312 g/mol. The van der Waals surface area contributed by atoms with Gasteiger partial charge in [-0.2, -0.15) is 0 Å². The molecule has 0 bridgehead atoms. The van der Waals surface area contributed by atoms with E-state index in [1.807, 2.05) is 18.2 Å². The van der Waals surface area contributed by atoms with Gasteiger partial charge in [0.1, 0.15) is 0 Å². The van der Waals surface area contributed by atoms with Crippen LogP contribution in [-0.4, -0.2) is 35.1 Å². The van der Waals surface area contributed by atoms with E-state index in [0.29, 0.717) is 5.41 Å². The second kappa shape index (κ2) is 7.88. The number of hydrogen-bond acceptors (Lipinski definition) is 3. The SMILES string of the molecule is CC1(C)CCC(C(=O)Nc2ccccc2CN2CCC(O)CC2)CC1. The Labute approximate surface area is 151 Å². The number of piperidine rings is 1. The Hall–Kier alpha value is -1.39. The maximum absolute atomic E-state index is 12.7. The summed E-state index contributed by atoms with van der Waals surface area (Å²) in [6, 6.07) is 8.14. The summed E-state index contributed by atoms with van der Waals surface area (Å²) >= 11 is 0. The van der Waals surface area contributed by atoms with Gasteiger partial charge in [-0.25, -0.2) is 0 Å². The average Bonchev–Trinajstić information content (AvgIpc) is 2.58. The summed E-state index contributed by atoms with van der Waals surface area (Å²) in [6.45, 7) is 7.27. The highest BCUT2D eigenvalue weighted by Crippen LogP contribution is 2.38. The Kier molecular flexibility index (Phi) is 5.80. The summed E-state index contributed by atoms with van der Waals surface area (Å²) in [5.41, 5.74) is 2.50. The smallest absolute Gasteiger partial charge is 0.227 e. The van der Waals surface area contributed by atoms with Gasteiger partial charge in [0, 0.05) is 31.2 Å². The number of carbonyl (C=O) groups is 1. The first kappa shape index (κ1) is 18.4. The molecule has 0 atom stereocenters. The van der Waals surface area contributed by atoms with Crippen LogP contribution in [0.4, 0.5) is 5.69 Å². The molecule has 1 heterocycles. The number of aliphatic hydroxyl groups is 1. The minimum absolute atomic E-state index is 0.145. The number of nitrogens with one attached hydrogen (secondary N) is 1. The first-order valence-electron chi connectivity index (χ1n) is 9.72. The largest absolute Gasteiger partial charge is 0.393 e. The molecule has 1 amide bonds. The summed E-state index contributed by atoms with van der Waals surface area (Å²) in [6.07, 6.45) is 5.77. The molecule has 1 saturated carbocycles. The normalized spacial score (nSPS) is 22.7. The quantitative estimate of drug-likeness (QED) is 0.873. The van der Waals surface area contributed by atoms with Crippen LogP contribution in [0.25, 0.3) is 0 Å². The number of nitrogens with zero attached hydrogens (tertiary/aromatic N) is 1. The zero-order valence-corrected chi connectivity index (χ0v) is 15.6. The highest BCUT2D eigenvalue weighted by molar-refractivity contribution is 5.93. The van der Waals surface area contributed by atoms with Gasteiger partial charge in [0.25, 0.3) is 0 Å². The van der Waals surface area contributed by atoms with Crippen LogP contribution in [0, 0.1) is 11.3 Å². The summed E-state index contributed by atoms with van der Waals surface area (Å²) < 4.78 is 0. The molecule has 2 fully saturated rings. The van der Waals surface area contributed by atoms with E-state index in [1.165, 1.54) is 5.56 Å². The van der Waals surface area contributed by atoms with Gasteiger partial charge >= 0.3 is 0 Å². The summed E-state index contributed by atoms with van der Waals surface area (Å²) in [5, 5.41) is 12.9. The van der Waals surface area contributed by atoms with E-state index in [4.69, 9.17) is 0 Å². The fourth-order valence-electron chi connectivity index (χ4n) is 3.99. The standard InChI is InChI=1S/C21H32N2O2/c1-21(2)11-7-16(8-12-21)20(25)22-19-6-4-3-5-17(19)15-23-13-9-18(24)10-14-23/h3-6,16,18,24H,7-15H2,1-2H3,(H,22,25). The Morgan fingerprint density at radius 2 is 1.80 bits per heavy atom. The van der Waals surface area contributed by atoms with Crippen molar-refractivity contribution < 1.29 is 9.90 Å². The lowest BCUT2D eigenvalue weighted by Crippen LogP contribution is -2.35. The Morgan fingerprint density at radius 3 is 2.48 bits per heavy atom. The number of para-hydroxylation sites is 1. The van der Waals surface area contributed by atoms with Crippen LogP contribution in [0.5, 0.6) is 0 Å². The Balaban J connectivity index is 1.60. The highest BCUT2D eigenvalue weighted by Gasteiger charge is 2.30. The van der Waals surface area contributed by atoms with Gasteiger partial charge in [-0.15, -0.1) is 0 Å².